The Hall–Kier alpha value is -2.86. The zero-order valence-electron chi connectivity index (χ0n) is 18.4. The van der Waals surface area contributed by atoms with Gasteiger partial charge >= 0.3 is 0 Å². The van der Waals surface area contributed by atoms with Crippen LogP contribution in [0.2, 0.25) is 15.1 Å². The lowest BCUT2D eigenvalue weighted by Crippen LogP contribution is -2.29. The Kier molecular flexibility index (Phi) is 8.95. The third kappa shape index (κ3) is 6.63. The summed E-state index contributed by atoms with van der Waals surface area (Å²) < 4.78 is 1.77. The highest BCUT2D eigenvalue weighted by Crippen LogP contribution is 2.28. The van der Waals surface area contributed by atoms with Gasteiger partial charge in [-0.15, -0.1) is 10.2 Å². The Morgan fingerprint density at radius 3 is 2.54 bits per heavy atom. The quantitative estimate of drug-likeness (QED) is 0.205. The van der Waals surface area contributed by atoms with Crippen LogP contribution in [0.3, 0.4) is 0 Å². The molecule has 2 amide bonds. The molecule has 1 aromatic heterocycles. The first-order valence-corrected chi connectivity index (χ1v) is 12.3. The van der Waals surface area contributed by atoms with Gasteiger partial charge in [-0.3, -0.25) is 19.7 Å². The summed E-state index contributed by atoms with van der Waals surface area (Å²) in [6.07, 6.45) is 0. The summed E-state index contributed by atoms with van der Waals surface area (Å²) in [4.78, 5) is 35.4. The summed E-state index contributed by atoms with van der Waals surface area (Å²) in [7, 11) is 0. The van der Waals surface area contributed by atoms with E-state index in [9.17, 15) is 19.7 Å². The number of nitrogens with one attached hydrogen (secondary N) is 2. The van der Waals surface area contributed by atoms with Crippen molar-refractivity contribution in [1.82, 2.24) is 20.1 Å². The van der Waals surface area contributed by atoms with Gasteiger partial charge < -0.3 is 15.2 Å². The molecule has 0 spiro atoms. The minimum absolute atomic E-state index is 0.0434. The molecule has 0 fully saturated rings. The lowest BCUT2D eigenvalue weighted by atomic mass is 10.2. The SMILES string of the molecule is CCn1c(SCC(=O)Nc2cc([N+](=O)[O-])ccc2Cl)nnc1[C@H](C)NC(=O)c1ccc(Cl)cc1Cl. The number of hydrogen-bond acceptors (Lipinski definition) is 7. The second-order valence-electron chi connectivity index (χ2n) is 7.16. The lowest BCUT2D eigenvalue weighted by Gasteiger charge is -2.15. The minimum atomic E-state index is -0.577. The van der Waals surface area contributed by atoms with Crippen molar-refractivity contribution in [2.75, 3.05) is 11.1 Å². The molecule has 3 rings (SSSR count). The second kappa shape index (κ2) is 11.7. The number of carbonyl (C=O) groups excluding carboxylic acids is 2. The molecule has 2 N–H and O–H groups in total. The molecule has 14 heteroatoms. The van der Waals surface area contributed by atoms with Crippen LogP contribution in [-0.4, -0.2) is 37.3 Å². The molecule has 35 heavy (non-hydrogen) atoms. The zero-order valence-corrected chi connectivity index (χ0v) is 21.5. The fourth-order valence-corrected chi connectivity index (χ4v) is 4.54. The molecule has 2 aromatic carbocycles. The van der Waals surface area contributed by atoms with Gasteiger partial charge in [0.1, 0.15) is 0 Å². The normalized spacial score (nSPS) is 11.7. The summed E-state index contributed by atoms with van der Waals surface area (Å²) in [6, 6.07) is 7.86. The largest absolute Gasteiger partial charge is 0.342 e. The summed E-state index contributed by atoms with van der Waals surface area (Å²) in [5.74, 6) is -0.371. The first kappa shape index (κ1) is 26.7. The molecule has 1 heterocycles. The van der Waals surface area contributed by atoms with Crippen LogP contribution in [0.4, 0.5) is 11.4 Å². The number of amides is 2. The number of non-ortho nitro benzene ring substituents is 1. The maximum absolute atomic E-state index is 12.6. The zero-order chi connectivity index (χ0) is 25.7. The van der Waals surface area contributed by atoms with Gasteiger partial charge in [-0.2, -0.15) is 0 Å². The molecule has 1 atom stereocenters. The van der Waals surface area contributed by atoms with E-state index in [2.05, 4.69) is 20.8 Å². The first-order chi connectivity index (χ1) is 16.6. The van der Waals surface area contributed by atoms with Crippen molar-refractivity contribution in [3.8, 4) is 0 Å². The van der Waals surface area contributed by atoms with Crippen molar-refractivity contribution >= 4 is 69.8 Å². The molecule has 184 valence electrons. The summed E-state index contributed by atoms with van der Waals surface area (Å²) in [5, 5.41) is 26.0. The van der Waals surface area contributed by atoms with E-state index in [1.165, 1.54) is 30.3 Å². The van der Waals surface area contributed by atoms with Crippen molar-refractivity contribution in [3.05, 3.63) is 73.0 Å². The maximum Gasteiger partial charge on any atom is 0.271 e. The molecular weight excluding hydrogens is 539 g/mol. The molecule has 0 unspecified atom stereocenters. The van der Waals surface area contributed by atoms with E-state index in [1.54, 1.807) is 17.6 Å². The summed E-state index contributed by atoms with van der Waals surface area (Å²) >= 11 is 19.2. The van der Waals surface area contributed by atoms with Gasteiger partial charge in [-0.1, -0.05) is 46.6 Å². The van der Waals surface area contributed by atoms with Crippen molar-refractivity contribution in [2.45, 2.75) is 31.6 Å². The fourth-order valence-electron chi connectivity index (χ4n) is 3.08. The molecule has 0 saturated carbocycles. The Balaban J connectivity index is 1.66. The number of carbonyl (C=O) groups is 2. The number of nitro benzene ring substituents is 1. The highest BCUT2D eigenvalue weighted by molar-refractivity contribution is 7.99. The van der Waals surface area contributed by atoms with E-state index in [-0.39, 0.29) is 32.7 Å². The molecule has 3 aromatic rings. The average molecular weight is 558 g/mol. The Bertz CT molecular complexity index is 1290. The number of halogens is 3. The van der Waals surface area contributed by atoms with Crippen LogP contribution >= 0.6 is 46.6 Å². The van der Waals surface area contributed by atoms with Crippen LogP contribution in [0.25, 0.3) is 0 Å². The predicted molar refractivity (Wildman–Crippen MR) is 135 cm³/mol. The third-order valence-corrected chi connectivity index (χ3v) is 6.58. The van der Waals surface area contributed by atoms with Crippen LogP contribution in [0.5, 0.6) is 0 Å². The number of nitro groups is 1. The van der Waals surface area contributed by atoms with Crippen LogP contribution in [-0.2, 0) is 11.3 Å². The third-order valence-electron chi connectivity index (χ3n) is 4.74. The number of aromatic nitrogens is 3. The second-order valence-corrected chi connectivity index (χ2v) is 9.36. The van der Waals surface area contributed by atoms with Crippen LogP contribution in [0.1, 0.15) is 36.1 Å². The van der Waals surface area contributed by atoms with Gasteiger partial charge in [0.05, 0.1) is 38.0 Å². The maximum atomic E-state index is 12.6. The van der Waals surface area contributed by atoms with Gasteiger partial charge in [0.25, 0.3) is 11.6 Å². The minimum Gasteiger partial charge on any atom is -0.342 e. The highest BCUT2D eigenvalue weighted by atomic mass is 35.5. The number of anilines is 1. The van der Waals surface area contributed by atoms with Crippen molar-refractivity contribution in [1.29, 1.82) is 0 Å². The van der Waals surface area contributed by atoms with E-state index >= 15 is 0 Å². The standard InChI is InChI=1S/C21H19Cl3N6O4S/c1-3-29-19(11(2)25-20(32)14-6-4-12(22)8-16(14)24)27-28-21(29)35-10-18(31)26-17-9-13(30(33)34)5-7-15(17)23/h4-9,11H,3,10H2,1-2H3,(H,25,32)(H,26,31)/t11-/m0/s1. The summed E-state index contributed by atoms with van der Waals surface area (Å²) in [6.45, 7) is 4.12. The first-order valence-electron chi connectivity index (χ1n) is 10.2. The van der Waals surface area contributed by atoms with Crippen molar-refractivity contribution < 1.29 is 14.5 Å². The molecule has 0 saturated heterocycles. The van der Waals surface area contributed by atoms with Gasteiger partial charge in [-0.25, -0.2) is 0 Å². The van der Waals surface area contributed by atoms with Gasteiger partial charge in [0.2, 0.25) is 5.91 Å². The van der Waals surface area contributed by atoms with E-state index in [0.29, 0.717) is 22.5 Å². The lowest BCUT2D eigenvalue weighted by molar-refractivity contribution is -0.384. The van der Waals surface area contributed by atoms with Crippen LogP contribution < -0.4 is 10.6 Å². The molecular formula is C21H19Cl3N6O4S. The topological polar surface area (TPSA) is 132 Å². The molecule has 0 radical (unpaired) electrons. The van der Waals surface area contributed by atoms with Crippen LogP contribution in [0, 0.1) is 10.1 Å². The molecule has 0 bridgehead atoms. The number of thioether (sulfide) groups is 1. The monoisotopic (exact) mass is 556 g/mol. The number of rotatable bonds is 9. The number of hydrogen-bond donors (Lipinski definition) is 2. The van der Waals surface area contributed by atoms with Gasteiger partial charge in [-0.05, 0) is 38.1 Å². The Morgan fingerprint density at radius 1 is 1.14 bits per heavy atom. The molecule has 10 nitrogen and oxygen atoms in total. The van der Waals surface area contributed by atoms with Gasteiger partial charge in [0.15, 0.2) is 11.0 Å². The Morgan fingerprint density at radius 2 is 1.89 bits per heavy atom. The van der Waals surface area contributed by atoms with Crippen molar-refractivity contribution in [3.63, 3.8) is 0 Å². The summed E-state index contributed by atoms with van der Waals surface area (Å²) in [5.41, 5.74) is 0.224. The number of benzene rings is 2. The smallest absolute Gasteiger partial charge is 0.271 e. The van der Waals surface area contributed by atoms with E-state index < -0.39 is 22.8 Å². The van der Waals surface area contributed by atoms with E-state index in [0.717, 1.165) is 11.8 Å². The molecule has 0 aliphatic carbocycles. The van der Waals surface area contributed by atoms with Crippen molar-refractivity contribution in [2.24, 2.45) is 0 Å². The highest BCUT2D eigenvalue weighted by Gasteiger charge is 2.21. The fraction of sp³-hybridized carbons (Fsp3) is 0.238. The molecule has 0 aliphatic rings. The molecule has 0 aliphatic heterocycles. The van der Waals surface area contributed by atoms with E-state index in [4.69, 9.17) is 34.8 Å². The van der Waals surface area contributed by atoms with Gasteiger partial charge in [0, 0.05) is 23.7 Å². The van der Waals surface area contributed by atoms with E-state index in [1.807, 2.05) is 6.92 Å². The Labute approximate surface area is 219 Å². The van der Waals surface area contributed by atoms with Crippen LogP contribution in [0.15, 0.2) is 41.6 Å². The average Bonchev–Trinajstić information content (AvgIpc) is 3.22. The number of nitrogens with zero attached hydrogens (tertiary/aromatic N) is 4. The predicted octanol–water partition coefficient (Wildman–Crippen LogP) is 5.39.